The summed E-state index contributed by atoms with van der Waals surface area (Å²) >= 11 is 6.23. The number of halogens is 6. The molecule has 0 bridgehead atoms. The van der Waals surface area contributed by atoms with Crippen LogP contribution in [0.15, 0.2) is 73.1 Å². The molecule has 3 aromatic carbocycles. The first-order chi connectivity index (χ1) is 23.3. The lowest BCUT2D eigenvalue weighted by Crippen LogP contribution is -2.44. The van der Waals surface area contributed by atoms with Crippen molar-refractivity contribution in [2.24, 2.45) is 5.73 Å². The van der Waals surface area contributed by atoms with Crippen molar-refractivity contribution >= 4 is 57.3 Å². The molecule has 0 saturated carbocycles. The van der Waals surface area contributed by atoms with Crippen LogP contribution in [0.2, 0.25) is 5.02 Å². The molecule has 1 fully saturated rings. The third-order valence-corrected chi connectivity index (χ3v) is 8.09. The fourth-order valence-corrected chi connectivity index (χ4v) is 5.76. The van der Waals surface area contributed by atoms with E-state index >= 15 is 4.39 Å². The SMILES string of the molecule is NC(=O)c1nn(CC(=O)N2C[C@H](F)C[C@H]2C(=O)Nc2cccc(-c3ccccc3Cl)c2F)c2ccc(Nc3cnc(C(F)(F)F)nc3)cc12. The number of carbonyl (C=O) groups is 3. The Balaban J connectivity index is 1.21. The van der Waals surface area contributed by atoms with Crippen LogP contribution in [0.5, 0.6) is 0 Å². The summed E-state index contributed by atoms with van der Waals surface area (Å²) in [5, 5.41) is 9.94. The van der Waals surface area contributed by atoms with E-state index in [4.69, 9.17) is 17.3 Å². The number of nitrogens with one attached hydrogen (secondary N) is 2. The van der Waals surface area contributed by atoms with Crippen LogP contribution in [0, 0.1) is 5.82 Å². The van der Waals surface area contributed by atoms with E-state index in [0.717, 1.165) is 22.0 Å². The van der Waals surface area contributed by atoms with Gasteiger partial charge < -0.3 is 21.3 Å². The average Bonchev–Trinajstić information content (AvgIpc) is 3.63. The Morgan fingerprint density at radius 3 is 2.39 bits per heavy atom. The Labute approximate surface area is 278 Å². The third-order valence-electron chi connectivity index (χ3n) is 7.76. The summed E-state index contributed by atoms with van der Waals surface area (Å²) in [5.41, 5.74) is 6.35. The van der Waals surface area contributed by atoms with Gasteiger partial charge in [-0.05, 0) is 30.3 Å². The second kappa shape index (κ2) is 13.1. The molecule has 49 heavy (non-hydrogen) atoms. The minimum absolute atomic E-state index is 0.116. The molecule has 0 aliphatic carbocycles. The molecule has 17 heteroatoms. The minimum Gasteiger partial charge on any atom is -0.364 e. The first-order valence-electron chi connectivity index (χ1n) is 14.5. The lowest BCUT2D eigenvalue weighted by atomic mass is 10.0. The van der Waals surface area contributed by atoms with Crippen LogP contribution in [0.1, 0.15) is 22.7 Å². The predicted molar refractivity (Wildman–Crippen MR) is 169 cm³/mol. The zero-order chi connectivity index (χ0) is 35.0. The zero-order valence-electron chi connectivity index (χ0n) is 25.0. The second-order valence-corrected chi connectivity index (χ2v) is 11.5. The lowest BCUT2D eigenvalue weighted by molar-refractivity contribution is -0.145. The number of alkyl halides is 4. The summed E-state index contributed by atoms with van der Waals surface area (Å²) in [7, 11) is 0. The summed E-state index contributed by atoms with van der Waals surface area (Å²) in [6.07, 6.45) is -4.73. The molecule has 6 rings (SSSR count). The van der Waals surface area contributed by atoms with Crippen molar-refractivity contribution < 1.29 is 36.3 Å². The molecule has 0 radical (unpaired) electrons. The van der Waals surface area contributed by atoms with E-state index in [1.165, 1.54) is 36.4 Å². The summed E-state index contributed by atoms with van der Waals surface area (Å²) in [5.74, 6) is -4.54. The molecule has 2 aromatic heterocycles. The number of anilines is 3. The van der Waals surface area contributed by atoms with Gasteiger partial charge in [0, 0.05) is 33.6 Å². The number of nitrogens with zero attached hydrogens (tertiary/aromatic N) is 5. The highest BCUT2D eigenvalue weighted by atomic mass is 35.5. The van der Waals surface area contributed by atoms with Gasteiger partial charge in [0.05, 0.1) is 35.8 Å². The van der Waals surface area contributed by atoms with Crippen LogP contribution in [0.3, 0.4) is 0 Å². The number of amides is 3. The van der Waals surface area contributed by atoms with Crippen LogP contribution >= 0.6 is 11.6 Å². The minimum atomic E-state index is -4.72. The molecule has 2 atom stereocenters. The molecular formula is C32H24ClF5N8O3. The summed E-state index contributed by atoms with van der Waals surface area (Å²) in [4.78, 5) is 46.7. The largest absolute Gasteiger partial charge is 0.451 e. The van der Waals surface area contributed by atoms with E-state index in [1.54, 1.807) is 24.3 Å². The van der Waals surface area contributed by atoms with E-state index < -0.39 is 60.8 Å². The van der Waals surface area contributed by atoms with Crippen molar-refractivity contribution in [1.82, 2.24) is 24.6 Å². The van der Waals surface area contributed by atoms with Crippen LogP contribution < -0.4 is 16.4 Å². The number of primary amides is 1. The molecule has 3 amide bonds. The van der Waals surface area contributed by atoms with E-state index in [-0.39, 0.29) is 40.0 Å². The molecule has 0 spiro atoms. The van der Waals surface area contributed by atoms with Crippen molar-refractivity contribution in [3.05, 3.63) is 95.4 Å². The van der Waals surface area contributed by atoms with Gasteiger partial charge in [-0.1, -0.05) is 41.9 Å². The Morgan fingerprint density at radius 1 is 0.980 bits per heavy atom. The van der Waals surface area contributed by atoms with Crippen molar-refractivity contribution in [1.29, 1.82) is 0 Å². The van der Waals surface area contributed by atoms with E-state index in [2.05, 4.69) is 25.7 Å². The molecule has 3 heterocycles. The number of hydrogen-bond acceptors (Lipinski definition) is 7. The molecular weight excluding hydrogens is 675 g/mol. The fraction of sp³-hybridized carbons (Fsp3) is 0.188. The normalized spacial score (nSPS) is 16.2. The molecule has 0 unspecified atom stereocenters. The predicted octanol–water partition coefficient (Wildman–Crippen LogP) is 5.72. The molecule has 1 aliphatic heterocycles. The average molecular weight is 699 g/mol. The van der Waals surface area contributed by atoms with Crippen molar-refractivity contribution in [2.45, 2.75) is 31.4 Å². The van der Waals surface area contributed by atoms with E-state index in [9.17, 15) is 31.9 Å². The Bertz CT molecular complexity index is 2090. The van der Waals surface area contributed by atoms with Gasteiger partial charge in [0.2, 0.25) is 17.6 Å². The number of hydrogen-bond donors (Lipinski definition) is 3. The van der Waals surface area contributed by atoms with Crippen LogP contribution in [-0.4, -0.2) is 61.1 Å². The fourth-order valence-electron chi connectivity index (χ4n) is 5.53. The van der Waals surface area contributed by atoms with Crippen molar-refractivity contribution in [2.75, 3.05) is 17.2 Å². The highest BCUT2D eigenvalue weighted by molar-refractivity contribution is 6.33. The maximum Gasteiger partial charge on any atom is 0.451 e. The topological polar surface area (TPSA) is 148 Å². The van der Waals surface area contributed by atoms with E-state index in [0.29, 0.717) is 16.3 Å². The Morgan fingerprint density at radius 2 is 1.69 bits per heavy atom. The number of rotatable bonds is 8. The maximum absolute atomic E-state index is 15.5. The molecule has 5 aromatic rings. The number of nitrogens with two attached hydrogens (primary N) is 1. The monoisotopic (exact) mass is 698 g/mol. The smallest absolute Gasteiger partial charge is 0.364 e. The number of fused-ring (bicyclic) bond motifs is 1. The molecule has 4 N–H and O–H groups in total. The standard InChI is InChI=1S/C32H24ClF5N8O3/c33-22-6-2-1-4-19(22)20-5-3-7-23(27(20)35)43-30(49)25-10-16(34)14-45(25)26(47)15-46-24-9-8-17(11-21(24)28(44-46)29(39)48)42-18-12-40-31(41-13-18)32(36,37)38/h1-9,11-13,16,25,42H,10,14-15H2,(H2,39,48)(H,43,49)/t16-,25+/m1/s1. The highest BCUT2D eigenvalue weighted by Crippen LogP contribution is 2.34. The van der Waals surface area contributed by atoms with Gasteiger partial charge in [-0.3, -0.25) is 19.1 Å². The summed E-state index contributed by atoms with van der Waals surface area (Å²) in [6.45, 7) is -0.930. The van der Waals surface area contributed by atoms with E-state index in [1.807, 2.05) is 0 Å². The summed E-state index contributed by atoms with van der Waals surface area (Å²) < 4.78 is 69.8. The first-order valence-corrected chi connectivity index (χ1v) is 14.9. The number of benzene rings is 3. The third kappa shape index (κ3) is 6.85. The molecule has 1 saturated heterocycles. The molecule has 1 aliphatic rings. The molecule has 252 valence electrons. The molecule has 11 nitrogen and oxygen atoms in total. The van der Waals surface area contributed by atoms with Crippen LogP contribution in [0.4, 0.5) is 39.0 Å². The van der Waals surface area contributed by atoms with Crippen molar-refractivity contribution in [3.63, 3.8) is 0 Å². The van der Waals surface area contributed by atoms with Gasteiger partial charge in [0.15, 0.2) is 11.5 Å². The van der Waals surface area contributed by atoms with Crippen LogP contribution in [-0.2, 0) is 22.3 Å². The lowest BCUT2D eigenvalue weighted by Gasteiger charge is -2.24. The quantitative estimate of drug-likeness (QED) is 0.176. The van der Waals surface area contributed by atoms with Gasteiger partial charge in [0.1, 0.15) is 18.8 Å². The second-order valence-electron chi connectivity index (χ2n) is 11.1. The van der Waals surface area contributed by atoms with Crippen molar-refractivity contribution in [3.8, 4) is 11.1 Å². The number of aromatic nitrogens is 4. The first kappa shape index (κ1) is 33.3. The van der Waals surface area contributed by atoms with Gasteiger partial charge >= 0.3 is 6.18 Å². The zero-order valence-corrected chi connectivity index (χ0v) is 25.8. The van der Waals surface area contributed by atoms with Gasteiger partial charge in [-0.15, -0.1) is 0 Å². The Hall–Kier alpha value is -5.64. The highest BCUT2D eigenvalue weighted by Gasteiger charge is 2.40. The van der Waals surface area contributed by atoms with Gasteiger partial charge in [-0.2, -0.15) is 18.3 Å². The summed E-state index contributed by atoms with van der Waals surface area (Å²) in [6, 6.07) is 14.1. The van der Waals surface area contributed by atoms with Gasteiger partial charge in [-0.25, -0.2) is 18.7 Å². The van der Waals surface area contributed by atoms with Gasteiger partial charge in [0.25, 0.3) is 5.91 Å². The number of likely N-dealkylation sites (tertiary alicyclic amines) is 1. The number of carbonyl (C=O) groups excluding carboxylic acids is 3. The van der Waals surface area contributed by atoms with Crippen LogP contribution in [0.25, 0.3) is 22.0 Å². The Kier molecular flexibility index (Phi) is 8.90. The maximum atomic E-state index is 15.5.